The second kappa shape index (κ2) is 6.55. The third-order valence-corrected chi connectivity index (χ3v) is 4.59. The van der Waals surface area contributed by atoms with Crippen LogP contribution in [-0.2, 0) is 11.3 Å². The maximum absolute atomic E-state index is 12.4. The Morgan fingerprint density at radius 2 is 1.88 bits per heavy atom. The van der Waals surface area contributed by atoms with Crippen LogP contribution in [-0.4, -0.2) is 27.5 Å². The molecule has 1 saturated carbocycles. The van der Waals surface area contributed by atoms with Gasteiger partial charge in [-0.2, -0.15) is 0 Å². The van der Waals surface area contributed by atoms with Gasteiger partial charge >= 0.3 is 0 Å². The van der Waals surface area contributed by atoms with Crippen molar-refractivity contribution >= 4 is 34.7 Å². The summed E-state index contributed by atoms with van der Waals surface area (Å²) in [6.45, 7) is 0.993. The summed E-state index contributed by atoms with van der Waals surface area (Å²) in [5.74, 6) is 0.304. The van der Waals surface area contributed by atoms with E-state index in [0.29, 0.717) is 11.4 Å². The number of anilines is 1. The summed E-state index contributed by atoms with van der Waals surface area (Å²) < 4.78 is 2.20. The number of benzene rings is 1. The first kappa shape index (κ1) is 16.2. The van der Waals surface area contributed by atoms with Crippen LogP contribution in [0.2, 0.25) is 0 Å². The van der Waals surface area contributed by atoms with Gasteiger partial charge in [0.25, 0.3) is 5.91 Å². The van der Waals surface area contributed by atoms with E-state index in [0.717, 1.165) is 23.4 Å². The number of pyridine rings is 1. The third kappa shape index (κ3) is 3.26. The van der Waals surface area contributed by atoms with Gasteiger partial charge in [0.1, 0.15) is 5.82 Å². The topological polar surface area (TPSA) is 81.1 Å². The lowest BCUT2D eigenvalue weighted by molar-refractivity contribution is -0.104. The molecule has 1 amide bonds. The summed E-state index contributed by atoms with van der Waals surface area (Å²) in [5, 5.41) is 3.82. The van der Waals surface area contributed by atoms with Crippen LogP contribution in [0.15, 0.2) is 48.8 Å². The van der Waals surface area contributed by atoms with E-state index in [1.165, 1.54) is 37.1 Å². The molecule has 3 aromatic rings. The highest BCUT2D eigenvalue weighted by Crippen LogP contribution is 2.32. The van der Waals surface area contributed by atoms with Gasteiger partial charge in [-0.05, 0) is 37.0 Å². The Morgan fingerprint density at radius 3 is 2.58 bits per heavy atom. The third-order valence-electron chi connectivity index (χ3n) is 4.59. The van der Waals surface area contributed by atoms with E-state index in [1.54, 1.807) is 6.20 Å². The van der Waals surface area contributed by atoms with E-state index in [2.05, 4.69) is 21.1 Å². The molecule has 0 aliphatic heterocycles. The van der Waals surface area contributed by atoms with Crippen LogP contribution in [0, 0.1) is 5.92 Å². The van der Waals surface area contributed by atoms with E-state index >= 15 is 0 Å². The second-order valence-electron chi connectivity index (χ2n) is 6.55. The van der Waals surface area contributed by atoms with Gasteiger partial charge in [0, 0.05) is 41.5 Å². The molecule has 1 fully saturated rings. The number of aldehydes is 1. The molecule has 1 aliphatic carbocycles. The fraction of sp³-hybridized carbons (Fsp3) is 0.200. The molecular weight excluding hydrogens is 330 g/mol. The number of carbonyl (C=O) groups excluding carboxylic acids is 3. The van der Waals surface area contributed by atoms with Crippen molar-refractivity contribution < 1.29 is 14.4 Å². The Bertz CT molecular complexity index is 1000. The average Bonchev–Trinajstić information content (AvgIpc) is 3.41. The maximum atomic E-state index is 12.4. The number of hydrogen-bond donors (Lipinski definition) is 1. The van der Waals surface area contributed by atoms with Crippen LogP contribution in [0.25, 0.3) is 10.9 Å². The largest absolute Gasteiger partial charge is 0.347 e. The normalized spacial score (nSPS) is 13.5. The molecule has 6 nitrogen and oxygen atoms in total. The predicted molar refractivity (Wildman–Crippen MR) is 97.2 cm³/mol. The molecule has 0 unspecified atom stereocenters. The molecule has 26 heavy (non-hydrogen) atoms. The number of nitrogens with zero attached hydrogens (tertiary/aromatic N) is 2. The lowest BCUT2D eigenvalue weighted by atomic mass is 10.1. The van der Waals surface area contributed by atoms with Crippen molar-refractivity contribution in [3.63, 3.8) is 0 Å². The summed E-state index contributed by atoms with van der Waals surface area (Å²) in [7, 11) is 0. The van der Waals surface area contributed by atoms with Crippen LogP contribution < -0.4 is 5.32 Å². The molecule has 1 aliphatic rings. The molecule has 0 atom stereocenters. The van der Waals surface area contributed by atoms with Gasteiger partial charge in [0.05, 0.1) is 5.52 Å². The van der Waals surface area contributed by atoms with E-state index in [-0.39, 0.29) is 17.8 Å². The van der Waals surface area contributed by atoms with E-state index < -0.39 is 5.78 Å². The number of hydrogen-bond acceptors (Lipinski definition) is 4. The summed E-state index contributed by atoms with van der Waals surface area (Å²) in [5.41, 5.74) is 1.70. The maximum Gasteiger partial charge on any atom is 0.256 e. The van der Waals surface area contributed by atoms with Crippen molar-refractivity contribution in [2.75, 3.05) is 5.32 Å². The molecule has 0 bridgehead atoms. The Kier molecular flexibility index (Phi) is 4.08. The lowest BCUT2D eigenvalue weighted by Crippen LogP contribution is -2.13. The van der Waals surface area contributed by atoms with Crippen LogP contribution in [0.3, 0.4) is 0 Å². The van der Waals surface area contributed by atoms with Crippen molar-refractivity contribution in [1.82, 2.24) is 9.55 Å². The minimum absolute atomic E-state index is 0.255. The van der Waals surface area contributed by atoms with Crippen LogP contribution in [0.1, 0.15) is 33.6 Å². The summed E-state index contributed by atoms with van der Waals surface area (Å²) in [6.07, 6.45) is 6.61. The van der Waals surface area contributed by atoms with E-state index in [9.17, 15) is 14.4 Å². The summed E-state index contributed by atoms with van der Waals surface area (Å²) in [4.78, 5) is 38.5. The molecule has 6 heteroatoms. The van der Waals surface area contributed by atoms with E-state index in [4.69, 9.17) is 0 Å². The van der Waals surface area contributed by atoms with Gasteiger partial charge in [0.2, 0.25) is 5.78 Å². The smallest absolute Gasteiger partial charge is 0.256 e. The summed E-state index contributed by atoms with van der Waals surface area (Å²) >= 11 is 0. The quantitative estimate of drug-likeness (QED) is 0.422. The molecule has 0 spiro atoms. The number of carbonyl (C=O) groups is 3. The Hall–Kier alpha value is -3.28. The van der Waals surface area contributed by atoms with Crippen molar-refractivity contribution in [2.24, 2.45) is 5.92 Å². The Morgan fingerprint density at radius 1 is 1.15 bits per heavy atom. The zero-order chi connectivity index (χ0) is 18.1. The molecule has 2 aromatic heterocycles. The molecule has 0 saturated heterocycles. The number of nitrogens with one attached hydrogen (secondary N) is 1. The SMILES string of the molecule is O=CC(=O)c1ccc(C(=O)Nc2cc3c(ccn3CC3CC3)cn2)cc1. The zero-order valence-electron chi connectivity index (χ0n) is 14.0. The van der Waals surface area contributed by atoms with Gasteiger partial charge < -0.3 is 9.88 Å². The summed E-state index contributed by atoms with van der Waals surface area (Å²) in [6, 6.07) is 9.85. The number of amides is 1. The monoisotopic (exact) mass is 347 g/mol. The first-order valence-corrected chi connectivity index (χ1v) is 8.50. The second-order valence-corrected chi connectivity index (χ2v) is 6.55. The number of Topliss-reactive ketones (excluding diaryl/α,β-unsaturated/α-hetero) is 1. The van der Waals surface area contributed by atoms with Gasteiger partial charge in [-0.3, -0.25) is 14.4 Å². The number of fused-ring (bicyclic) bond motifs is 1. The fourth-order valence-corrected chi connectivity index (χ4v) is 2.93. The van der Waals surface area contributed by atoms with Crippen LogP contribution >= 0.6 is 0 Å². The van der Waals surface area contributed by atoms with Gasteiger partial charge in [-0.1, -0.05) is 12.1 Å². The van der Waals surface area contributed by atoms with Crippen LogP contribution in [0.4, 0.5) is 5.82 Å². The number of aromatic nitrogens is 2. The zero-order valence-corrected chi connectivity index (χ0v) is 14.0. The molecule has 1 N–H and O–H groups in total. The van der Waals surface area contributed by atoms with Gasteiger partial charge in [0.15, 0.2) is 6.29 Å². The highest BCUT2D eigenvalue weighted by atomic mass is 16.2. The van der Waals surface area contributed by atoms with Gasteiger partial charge in [-0.25, -0.2) is 4.98 Å². The average molecular weight is 347 g/mol. The first-order valence-electron chi connectivity index (χ1n) is 8.50. The van der Waals surface area contributed by atoms with Crippen molar-refractivity contribution in [3.05, 3.63) is 59.9 Å². The standard InChI is InChI=1S/C20H17N3O3/c24-12-18(25)14-3-5-15(6-4-14)20(26)22-19-9-17-16(10-21-19)7-8-23(17)11-13-1-2-13/h3-10,12-13H,1-2,11H2,(H,21,22,26). The number of rotatable bonds is 6. The van der Waals surface area contributed by atoms with Crippen molar-refractivity contribution in [3.8, 4) is 0 Å². The molecule has 2 heterocycles. The fourth-order valence-electron chi connectivity index (χ4n) is 2.93. The van der Waals surface area contributed by atoms with Crippen molar-refractivity contribution in [2.45, 2.75) is 19.4 Å². The minimum atomic E-state index is -0.611. The first-order chi connectivity index (χ1) is 12.6. The molecule has 130 valence electrons. The minimum Gasteiger partial charge on any atom is -0.347 e. The van der Waals surface area contributed by atoms with E-state index in [1.807, 2.05) is 12.1 Å². The number of ketones is 1. The Balaban J connectivity index is 1.53. The van der Waals surface area contributed by atoms with Crippen LogP contribution in [0.5, 0.6) is 0 Å². The van der Waals surface area contributed by atoms with Crippen molar-refractivity contribution in [1.29, 1.82) is 0 Å². The highest BCUT2D eigenvalue weighted by Gasteiger charge is 2.22. The highest BCUT2D eigenvalue weighted by molar-refractivity contribution is 6.33. The predicted octanol–water partition coefficient (Wildman–Crippen LogP) is 3.08. The Labute approximate surface area is 149 Å². The molecular formula is C20H17N3O3. The van der Waals surface area contributed by atoms with Gasteiger partial charge in [-0.15, -0.1) is 0 Å². The molecule has 1 aromatic carbocycles. The molecule has 0 radical (unpaired) electrons. The molecule has 4 rings (SSSR count). The lowest BCUT2D eigenvalue weighted by Gasteiger charge is -2.07.